The van der Waals surface area contributed by atoms with Gasteiger partial charge in [0.25, 0.3) is 0 Å². The predicted molar refractivity (Wildman–Crippen MR) is 97.5 cm³/mol. The van der Waals surface area contributed by atoms with Crippen LogP contribution in [0.3, 0.4) is 0 Å². The lowest BCUT2D eigenvalue weighted by molar-refractivity contribution is -0.111. The maximum absolute atomic E-state index is 11.9. The molecule has 0 radical (unpaired) electrons. The zero-order chi connectivity index (χ0) is 17.1. The molecule has 1 heterocycles. The third kappa shape index (κ3) is 3.40. The Morgan fingerprint density at radius 2 is 1.92 bits per heavy atom. The van der Waals surface area contributed by atoms with Gasteiger partial charge in [-0.25, -0.2) is 9.97 Å². The SMILES string of the molecule is CC(=O)C(=C(C)N)c1ccc2ncnc(NC3CCCCC3)c2c1. The minimum Gasteiger partial charge on any atom is -0.402 e. The number of hydrogen-bond acceptors (Lipinski definition) is 5. The summed E-state index contributed by atoms with van der Waals surface area (Å²) in [5.74, 6) is 0.805. The smallest absolute Gasteiger partial charge is 0.162 e. The highest BCUT2D eigenvalue weighted by Gasteiger charge is 2.16. The molecule has 0 saturated heterocycles. The number of rotatable bonds is 4. The van der Waals surface area contributed by atoms with Gasteiger partial charge in [0.15, 0.2) is 5.78 Å². The maximum Gasteiger partial charge on any atom is 0.162 e. The van der Waals surface area contributed by atoms with Crippen LogP contribution < -0.4 is 11.1 Å². The first-order valence-corrected chi connectivity index (χ1v) is 8.55. The number of ketones is 1. The van der Waals surface area contributed by atoms with E-state index in [0.29, 0.717) is 17.3 Å². The van der Waals surface area contributed by atoms with Crippen LogP contribution in [0, 0.1) is 0 Å². The van der Waals surface area contributed by atoms with Crippen molar-refractivity contribution in [2.24, 2.45) is 5.73 Å². The molecule has 1 saturated carbocycles. The van der Waals surface area contributed by atoms with E-state index in [2.05, 4.69) is 15.3 Å². The molecule has 3 N–H and O–H groups in total. The van der Waals surface area contributed by atoms with Crippen LogP contribution in [0.5, 0.6) is 0 Å². The van der Waals surface area contributed by atoms with Gasteiger partial charge in [0.05, 0.1) is 5.52 Å². The van der Waals surface area contributed by atoms with Gasteiger partial charge in [0.1, 0.15) is 12.1 Å². The number of aromatic nitrogens is 2. The number of Topliss-reactive ketones (excluding diaryl/α,β-unsaturated/α-hetero) is 1. The zero-order valence-corrected chi connectivity index (χ0v) is 14.3. The monoisotopic (exact) mass is 324 g/mol. The minimum absolute atomic E-state index is 0.0343. The number of benzene rings is 1. The molecule has 24 heavy (non-hydrogen) atoms. The first-order chi connectivity index (χ1) is 11.6. The molecule has 0 bridgehead atoms. The van der Waals surface area contributed by atoms with E-state index < -0.39 is 0 Å². The minimum atomic E-state index is -0.0343. The zero-order valence-electron chi connectivity index (χ0n) is 14.3. The Hall–Kier alpha value is -2.43. The summed E-state index contributed by atoms with van der Waals surface area (Å²) in [4.78, 5) is 20.7. The van der Waals surface area contributed by atoms with Gasteiger partial charge in [0.2, 0.25) is 0 Å². The molecule has 0 amide bonds. The average molecular weight is 324 g/mol. The van der Waals surface area contributed by atoms with Crippen LogP contribution in [-0.2, 0) is 4.79 Å². The van der Waals surface area contributed by atoms with Crippen LogP contribution in [0.15, 0.2) is 30.2 Å². The largest absolute Gasteiger partial charge is 0.402 e. The fraction of sp³-hybridized carbons (Fsp3) is 0.421. The van der Waals surface area contributed by atoms with E-state index in [1.807, 2.05) is 18.2 Å². The van der Waals surface area contributed by atoms with Gasteiger partial charge in [-0.15, -0.1) is 0 Å². The molecule has 126 valence electrons. The number of nitrogens with one attached hydrogen (secondary N) is 1. The van der Waals surface area contributed by atoms with Gasteiger partial charge >= 0.3 is 0 Å². The molecule has 5 nitrogen and oxygen atoms in total. The van der Waals surface area contributed by atoms with Crippen molar-refractivity contribution in [1.82, 2.24) is 9.97 Å². The Bertz CT molecular complexity index is 787. The van der Waals surface area contributed by atoms with Crippen molar-refractivity contribution in [3.63, 3.8) is 0 Å². The van der Waals surface area contributed by atoms with Crippen molar-refractivity contribution in [3.8, 4) is 0 Å². The lowest BCUT2D eigenvalue weighted by atomic mass is 9.95. The molecule has 0 unspecified atom stereocenters. The van der Waals surface area contributed by atoms with E-state index in [0.717, 1.165) is 22.3 Å². The van der Waals surface area contributed by atoms with Crippen molar-refractivity contribution < 1.29 is 4.79 Å². The van der Waals surface area contributed by atoms with Crippen LogP contribution in [0.1, 0.15) is 51.5 Å². The lowest BCUT2D eigenvalue weighted by Gasteiger charge is -2.23. The summed E-state index contributed by atoms with van der Waals surface area (Å²) in [6, 6.07) is 6.24. The first-order valence-electron chi connectivity index (χ1n) is 8.55. The first kappa shape index (κ1) is 16.4. The van der Waals surface area contributed by atoms with Gasteiger partial charge < -0.3 is 11.1 Å². The number of nitrogens with zero attached hydrogens (tertiary/aromatic N) is 2. The molecule has 1 aromatic heterocycles. The summed E-state index contributed by atoms with van der Waals surface area (Å²) < 4.78 is 0. The number of nitrogens with two attached hydrogens (primary N) is 1. The molecule has 0 atom stereocenters. The van der Waals surface area contributed by atoms with Crippen LogP contribution >= 0.6 is 0 Å². The number of fused-ring (bicyclic) bond motifs is 1. The van der Waals surface area contributed by atoms with Gasteiger partial charge in [-0.2, -0.15) is 0 Å². The Morgan fingerprint density at radius 3 is 2.58 bits per heavy atom. The summed E-state index contributed by atoms with van der Waals surface area (Å²) in [5.41, 5.74) is 8.68. The maximum atomic E-state index is 11.9. The van der Waals surface area contributed by atoms with E-state index >= 15 is 0 Å². The van der Waals surface area contributed by atoms with Crippen molar-refractivity contribution >= 4 is 28.1 Å². The Labute approximate surface area is 142 Å². The third-order valence-corrected chi connectivity index (χ3v) is 4.62. The summed E-state index contributed by atoms with van der Waals surface area (Å²) in [7, 11) is 0. The van der Waals surface area contributed by atoms with Crippen LogP contribution in [0.25, 0.3) is 16.5 Å². The normalized spacial score (nSPS) is 16.8. The second-order valence-corrected chi connectivity index (χ2v) is 6.55. The Morgan fingerprint density at radius 1 is 1.17 bits per heavy atom. The molecule has 2 aromatic rings. The molecule has 0 aliphatic heterocycles. The van der Waals surface area contributed by atoms with Crippen LogP contribution in [0.2, 0.25) is 0 Å². The van der Waals surface area contributed by atoms with Crippen molar-refractivity contribution in [1.29, 1.82) is 0 Å². The van der Waals surface area contributed by atoms with Gasteiger partial charge in [-0.3, -0.25) is 4.79 Å². The lowest BCUT2D eigenvalue weighted by Crippen LogP contribution is -2.23. The standard InChI is InChI=1S/C19H24N4O/c1-12(20)18(13(2)24)14-8-9-17-16(10-14)19(22-11-21-17)23-15-6-4-3-5-7-15/h8-11,15H,3-7,20H2,1-2H3,(H,21,22,23). The fourth-order valence-electron chi connectivity index (χ4n) is 3.48. The number of hydrogen-bond donors (Lipinski definition) is 2. The molecule has 1 aliphatic carbocycles. The van der Waals surface area contributed by atoms with Crippen molar-refractivity contribution in [2.45, 2.75) is 52.0 Å². The second-order valence-electron chi connectivity index (χ2n) is 6.55. The predicted octanol–water partition coefficient (Wildman–Crippen LogP) is 3.65. The summed E-state index contributed by atoms with van der Waals surface area (Å²) >= 11 is 0. The van der Waals surface area contributed by atoms with Gasteiger partial charge in [-0.1, -0.05) is 25.3 Å². The molecular weight excluding hydrogens is 300 g/mol. The van der Waals surface area contributed by atoms with E-state index in [1.165, 1.54) is 32.1 Å². The van der Waals surface area contributed by atoms with Crippen LogP contribution in [-0.4, -0.2) is 21.8 Å². The molecule has 1 aromatic carbocycles. The molecule has 0 spiro atoms. The second kappa shape index (κ2) is 6.99. The van der Waals surface area contributed by atoms with E-state index in [1.54, 1.807) is 20.2 Å². The molecule has 3 rings (SSSR count). The number of allylic oxidation sites excluding steroid dienone is 2. The summed E-state index contributed by atoms with van der Waals surface area (Å²) in [6.07, 6.45) is 7.76. The number of carbonyl (C=O) groups is 1. The summed E-state index contributed by atoms with van der Waals surface area (Å²) in [6.45, 7) is 3.29. The molecule has 5 heteroatoms. The third-order valence-electron chi connectivity index (χ3n) is 4.62. The van der Waals surface area contributed by atoms with Crippen molar-refractivity contribution in [2.75, 3.05) is 5.32 Å². The highest BCUT2D eigenvalue weighted by atomic mass is 16.1. The van der Waals surface area contributed by atoms with E-state index in [-0.39, 0.29) is 5.78 Å². The molecule has 1 aliphatic rings. The summed E-state index contributed by atoms with van der Waals surface area (Å²) in [5, 5.41) is 4.50. The number of carbonyl (C=O) groups excluding carboxylic acids is 1. The average Bonchev–Trinajstić information content (AvgIpc) is 2.56. The van der Waals surface area contributed by atoms with E-state index in [4.69, 9.17) is 5.73 Å². The van der Waals surface area contributed by atoms with Crippen LogP contribution in [0.4, 0.5) is 5.82 Å². The molecule has 1 fully saturated rings. The highest BCUT2D eigenvalue weighted by molar-refractivity contribution is 6.20. The Balaban J connectivity index is 2.02. The molecular formula is C19H24N4O. The van der Waals surface area contributed by atoms with Crippen molar-refractivity contribution in [3.05, 3.63) is 35.8 Å². The fourth-order valence-corrected chi connectivity index (χ4v) is 3.48. The van der Waals surface area contributed by atoms with Gasteiger partial charge in [0, 0.05) is 22.7 Å². The highest BCUT2D eigenvalue weighted by Crippen LogP contribution is 2.28. The Kier molecular flexibility index (Phi) is 4.79. The van der Waals surface area contributed by atoms with E-state index in [9.17, 15) is 4.79 Å². The van der Waals surface area contributed by atoms with Gasteiger partial charge in [-0.05, 0) is 44.4 Å². The number of anilines is 1. The topological polar surface area (TPSA) is 80.9 Å². The quantitative estimate of drug-likeness (QED) is 0.839.